The van der Waals surface area contributed by atoms with E-state index in [4.69, 9.17) is 11.1 Å². The van der Waals surface area contributed by atoms with Gasteiger partial charge in [-0.15, -0.1) is 0 Å². The van der Waals surface area contributed by atoms with Gasteiger partial charge in [-0.2, -0.15) is 0 Å². The zero-order valence-corrected chi connectivity index (χ0v) is 25.2. The van der Waals surface area contributed by atoms with Crippen LogP contribution in [0.2, 0.25) is 0 Å². The van der Waals surface area contributed by atoms with Gasteiger partial charge in [0.15, 0.2) is 5.78 Å². The molecule has 0 N–H and O–H groups in total. The van der Waals surface area contributed by atoms with Gasteiger partial charge in [0, 0.05) is 32.3 Å². The monoisotopic (exact) mass is 560 g/mol. The Morgan fingerprint density at radius 2 is 1.14 bits per heavy atom. The molecule has 17 heteroatoms. The first-order valence-electron chi connectivity index (χ1n) is 9.70. The summed E-state index contributed by atoms with van der Waals surface area (Å²) >= 11 is 0. The fourth-order valence-corrected chi connectivity index (χ4v) is 4.86. The van der Waals surface area contributed by atoms with E-state index in [1.54, 1.807) is 0 Å². The van der Waals surface area contributed by atoms with Gasteiger partial charge in [0.25, 0.3) is 0 Å². The topological polar surface area (TPSA) is 229 Å². The number of Topliss-reactive ketones (excluding diaryl/α,β-unsaturated/α-hetero) is 1. The minimum Gasteiger partial charge on any atom is -0.744 e. The van der Waals surface area contributed by atoms with E-state index < -0.39 is 35.8 Å². The van der Waals surface area contributed by atoms with Crippen LogP contribution in [0.25, 0.3) is 33.0 Å². The Morgan fingerprint density at radius 1 is 0.757 bits per heavy atom. The molecular weight excluding hydrogens is 546 g/mol. The summed E-state index contributed by atoms with van der Waals surface area (Å²) in [5.74, 6) is -0.530. The standard InChI is InChI=1S/C20H16N6O7S2.2Na/c21-25-23-16-6-4-12(18(10-16)34(28,29)30)8-14-2-1-3-15(20(14)27)9-13-5-7-17(24-26-22)11-19(13)35(31,32)33;;/h4-11H,1-3H2,(H,28,29,30)(H,31,32,33);;/q;2*+1/p-2. The van der Waals surface area contributed by atoms with Gasteiger partial charge < -0.3 is 9.11 Å². The molecule has 0 aliphatic heterocycles. The molecule has 0 heterocycles. The SMILES string of the molecule is [N-]=[N+]=Nc1ccc(C=C2CCCC(=Cc3ccc(N=[N+]=[N-])cc3S(=O)(=O)[O-])C2=O)c(S(=O)(=O)[O-])c1.[Na+].[Na+]. The number of nitrogens with zero attached hydrogens (tertiary/aromatic N) is 6. The molecule has 1 saturated carbocycles. The molecule has 2 aromatic rings. The van der Waals surface area contributed by atoms with Crippen LogP contribution in [0, 0.1) is 0 Å². The van der Waals surface area contributed by atoms with Crippen LogP contribution in [-0.4, -0.2) is 31.7 Å². The fourth-order valence-electron chi connectivity index (χ4n) is 3.50. The van der Waals surface area contributed by atoms with E-state index in [1.807, 2.05) is 0 Å². The maximum Gasteiger partial charge on any atom is 1.00 e. The van der Waals surface area contributed by atoms with Crippen LogP contribution in [-0.2, 0) is 25.0 Å². The number of carbonyl (C=O) groups excluding carboxylic acids is 1. The van der Waals surface area contributed by atoms with Crippen molar-refractivity contribution < 1.29 is 89.9 Å². The van der Waals surface area contributed by atoms with Crippen molar-refractivity contribution in [3.05, 3.63) is 79.6 Å². The normalized spacial score (nSPS) is 15.7. The molecule has 180 valence electrons. The fraction of sp³-hybridized carbons (Fsp3) is 0.150. The zero-order valence-electron chi connectivity index (χ0n) is 19.6. The largest absolute Gasteiger partial charge is 1.00 e. The maximum atomic E-state index is 13.1. The van der Waals surface area contributed by atoms with Gasteiger partial charge in [-0.25, -0.2) is 16.8 Å². The Balaban J connectivity index is 0.00000342. The van der Waals surface area contributed by atoms with Crippen molar-refractivity contribution in [3.8, 4) is 0 Å². The first-order chi connectivity index (χ1) is 16.4. The average Bonchev–Trinajstić information content (AvgIpc) is 2.77. The quantitative estimate of drug-likeness (QED) is 0.102. The van der Waals surface area contributed by atoms with Crippen molar-refractivity contribution in [3.63, 3.8) is 0 Å². The van der Waals surface area contributed by atoms with Crippen LogP contribution >= 0.6 is 0 Å². The summed E-state index contributed by atoms with van der Waals surface area (Å²) in [5.41, 5.74) is 17.0. The molecule has 37 heavy (non-hydrogen) atoms. The van der Waals surface area contributed by atoms with Gasteiger partial charge >= 0.3 is 59.1 Å². The van der Waals surface area contributed by atoms with Crippen molar-refractivity contribution >= 4 is 49.5 Å². The first kappa shape index (κ1) is 33.1. The summed E-state index contributed by atoms with van der Waals surface area (Å²) in [4.78, 5) is 16.8. The molecule has 0 radical (unpaired) electrons. The van der Waals surface area contributed by atoms with E-state index in [-0.39, 0.29) is 106 Å². The molecule has 0 saturated heterocycles. The number of benzene rings is 2. The number of ketones is 1. The Labute approximate surface area is 256 Å². The number of allylic oxidation sites excluding steroid dienone is 2. The third-order valence-corrected chi connectivity index (χ3v) is 6.77. The smallest absolute Gasteiger partial charge is 0.744 e. The minimum absolute atomic E-state index is 0. The molecule has 1 aliphatic rings. The Hall–Kier alpha value is -1.97. The Kier molecular flexibility index (Phi) is 12.3. The van der Waals surface area contributed by atoms with E-state index in [0.29, 0.717) is 6.42 Å². The van der Waals surface area contributed by atoms with Crippen molar-refractivity contribution in [2.75, 3.05) is 0 Å². The van der Waals surface area contributed by atoms with Crippen LogP contribution in [0.3, 0.4) is 0 Å². The second-order valence-corrected chi connectivity index (χ2v) is 9.95. The number of azide groups is 2. The molecule has 0 amide bonds. The van der Waals surface area contributed by atoms with Gasteiger partial charge in [-0.1, -0.05) is 34.5 Å². The molecule has 1 aliphatic carbocycles. The maximum absolute atomic E-state index is 13.1. The van der Waals surface area contributed by atoms with Gasteiger partial charge in [-0.3, -0.25) is 4.79 Å². The molecule has 0 spiro atoms. The molecule has 1 fully saturated rings. The van der Waals surface area contributed by atoms with E-state index in [1.165, 1.54) is 36.4 Å². The van der Waals surface area contributed by atoms with E-state index in [0.717, 1.165) is 12.1 Å². The third-order valence-electron chi connectivity index (χ3n) is 4.99. The van der Waals surface area contributed by atoms with Crippen molar-refractivity contribution in [2.45, 2.75) is 29.1 Å². The van der Waals surface area contributed by atoms with Gasteiger partial charge in [0.2, 0.25) is 0 Å². The van der Waals surface area contributed by atoms with Crippen LogP contribution in [0.4, 0.5) is 11.4 Å². The predicted molar refractivity (Wildman–Crippen MR) is 121 cm³/mol. The predicted octanol–water partition coefficient (Wildman–Crippen LogP) is -1.39. The van der Waals surface area contributed by atoms with Crippen molar-refractivity contribution in [1.82, 2.24) is 0 Å². The summed E-state index contributed by atoms with van der Waals surface area (Å²) in [7, 11) is -9.95. The molecule has 0 unspecified atom stereocenters. The van der Waals surface area contributed by atoms with Gasteiger partial charge in [0.1, 0.15) is 20.2 Å². The van der Waals surface area contributed by atoms with Crippen molar-refractivity contribution in [1.29, 1.82) is 0 Å². The molecule has 0 bridgehead atoms. The van der Waals surface area contributed by atoms with Gasteiger partial charge in [0.05, 0.1) is 9.79 Å². The van der Waals surface area contributed by atoms with Crippen LogP contribution in [0.1, 0.15) is 30.4 Å². The Morgan fingerprint density at radius 3 is 1.46 bits per heavy atom. The molecular formula is C20H14N6Na2O7S2. The summed E-state index contributed by atoms with van der Waals surface area (Å²) < 4.78 is 70.3. The third kappa shape index (κ3) is 8.52. The van der Waals surface area contributed by atoms with Crippen LogP contribution in [0.5, 0.6) is 0 Å². The number of hydrogen-bond donors (Lipinski definition) is 0. The minimum atomic E-state index is -4.98. The second-order valence-electron chi connectivity index (χ2n) is 7.25. The molecule has 2 aromatic carbocycles. The second kappa shape index (κ2) is 13.7. The van der Waals surface area contributed by atoms with Crippen molar-refractivity contribution in [2.24, 2.45) is 10.2 Å². The summed E-state index contributed by atoms with van der Waals surface area (Å²) in [6.07, 6.45) is 3.40. The number of carbonyl (C=O) groups is 1. The van der Waals surface area contributed by atoms with E-state index in [2.05, 4.69) is 20.1 Å². The molecule has 3 rings (SSSR count). The number of hydrogen-bond acceptors (Lipinski definition) is 9. The molecule has 13 nitrogen and oxygen atoms in total. The summed E-state index contributed by atoms with van der Waals surface area (Å²) in [6.45, 7) is 0. The zero-order chi connectivity index (χ0) is 25.8. The van der Waals surface area contributed by atoms with Gasteiger partial charge in [-0.05, 0) is 65.7 Å². The van der Waals surface area contributed by atoms with E-state index in [9.17, 15) is 30.7 Å². The molecule has 0 aromatic heterocycles. The average molecular weight is 560 g/mol. The van der Waals surface area contributed by atoms with Crippen LogP contribution < -0.4 is 59.1 Å². The van der Waals surface area contributed by atoms with E-state index >= 15 is 0 Å². The number of rotatable bonds is 6. The molecule has 0 atom stereocenters. The summed E-state index contributed by atoms with van der Waals surface area (Å²) in [5, 5.41) is 6.54. The van der Waals surface area contributed by atoms with Crippen LogP contribution in [0.15, 0.2) is 67.6 Å². The summed E-state index contributed by atoms with van der Waals surface area (Å²) in [6, 6.07) is 6.81. The Bertz CT molecular complexity index is 1490. The first-order valence-corrected chi connectivity index (χ1v) is 12.5.